The first kappa shape index (κ1) is 23.8. The number of anilines is 1. The molecule has 0 aliphatic carbocycles. The lowest BCUT2D eigenvalue weighted by atomic mass is 9.86. The zero-order valence-electron chi connectivity index (χ0n) is 20.0. The number of nitrogens with zero attached hydrogens (tertiary/aromatic N) is 7. The Morgan fingerprint density at radius 2 is 1.83 bits per heavy atom. The van der Waals surface area contributed by atoms with E-state index in [4.69, 9.17) is 9.94 Å². The Hall–Kier alpha value is -4.38. The highest BCUT2D eigenvalue weighted by Crippen LogP contribution is 2.31. The summed E-state index contributed by atoms with van der Waals surface area (Å²) in [7, 11) is 1.42. The topological polar surface area (TPSA) is 128 Å². The first-order valence-corrected chi connectivity index (χ1v) is 10.8. The molecule has 0 atom stereocenters. The molecule has 0 spiro atoms. The monoisotopic (exact) mass is 475 g/mol. The molecule has 2 aromatic carbocycles. The highest BCUT2D eigenvalue weighted by molar-refractivity contribution is 6.05. The third kappa shape index (κ3) is 4.80. The van der Waals surface area contributed by atoms with Crippen LogP contribution in [-0.2, 0) is 10.3 Å². The summed E-state index contributed by atoms with van der Waals surface area (Å²) in [5, 5.41) is 25.8. The van der Waals surface area contributed by atoms with E-state index in [1.165, 1.54) is 23.1 Å². The van der Waals surface area contributed by atoms with Gasteiger partial charge in [-0.2, -0.15) is 5.06 Å². The summed E-state index contributed by atoms with van der Waals surface area (Å²) in [6.07, 6.45) is 4.60. The molecule has 2 heterocycles. The van der Waals surface area contributed by atoms with Gasteiger partial charge in [0.2, 0.25) is 0 Å². The molecule has 2 aromatic heterocycles. The maximum Gasteiger partial charge on any atom is 0.358 e. The number of aryl methyl sites for hydroxylation is 1. The van der Waals surface area contributed by atoms with Gasteiger partial charge in [0, 0.05) is 5.56 Å². The van der Waals surface area contributed by atoms with Crippen molar-refractivity contribution in [1.82, 2.24) is 30.0 Å². The summed E-state index contributed by atoms with van der Waals surface area (Å²) in [5.74, 6) is -1.60. The predicted molar refractivity (Wildman–Crippen MR) is 127 cm³/mol. The minimum atomic E-state index is -1.19. The number of carboxylic acid groups (broad SMARTS) is 1. The van der Waals surface area contributed by atoms with Crippen LogP contribution in [0.15, 0.2) is 55.0 Å². The van der Waals surface area contributed by atoms with Gasteiger partial charge in [0.1, 0.15) is 0 Å². The molecular formula is C24H25N7O4. The number of aromatic nitrogens is 6. The molecule has 0 saturated carbocycles. The molecule has 0 radical (unpaired) electrons. The fourth-order valence-corrected chi connectivity index (χ4v) is 3.52. The van der Waals surface area contributed by atoms with E-state index in [2.05, 4.69) is 41.4 Å². The molecule has 0 aliphatic rings. The van der Waals surface area contributed by atoms with E-state index in [1.807, 2.05) is 19.1 Å². The second kappa shape index (κ2) is 9.11. The van der Waals surface area contributed by atoms with Crippen molar-refractivity contribution < 1.29 is 19.5 Å². The normalized spacial score (nSPS) is 11.5. The fourth-order valence-electron chi connectivity index (χ4n) is 3.52. The summed E-state index contributed by atoms with van der Waals surface area (Å²) in [4.78, 5) is 30.3. The Bertz CT molecular complexity index is 1390. The van der Waals surface area contributed by atoms with Crippen LogP contribution in [0.1, 0.15) is 52.7 Å². The number of carbonyl (C=O) groups excluding carboxylic acids is 1. The quantitative estimate of drug-likeness (QED) is 0.421. The predicted octanol–water partition coefficient (Wildman–Crippen LogP) is 3.36. The van der Waals surface area contributed by atoms with Crippen molar-refractivity contribution in [3.63, 3.8) is 0 Å². The third-order valence-corrected chi connectivity index (χ3v) is 5.47. The summed E-state index contributed by atoms with van der Waals surface area (Å²) in [6.45, 7) is 8.06. The number of rotatable bonds is 6. The van der Waals surface area contributed by atoms with E-state index in [0.29, 0.717) is 16.9 Å². The Balaban J connectivity index is 1.76. The van der Waals surface area contributed by atoms with Crippen molar-refractivity contribution in [2.45, 2.75) is 33.1 Å². The van der Waals surface area contributed by atoms with E-state index >= 15 is 0 Å². The van der Waals surface area contributed by atoms with Crippen LogP contribution in [0.2, 0.25) is 0 Å². The zero-order chi connectivity index (χ0) is 25.3. The first-order chi connectivity index (χ1) is 16.6. The second-order valence-electron chi connectivity index (χ2n) is 8.97. The minimum Gasteiger partial charge on any atom is -0.476 e. The van der Waals surface area contributed by atoms with E-state index in [1.54, 1.807) is 41.3 Å². The molecule has 0 unspecified atom stereocenters. The van der Waals surface area contributed by atoms with Gasteiger partial charge in [0.15, 0.2) is 5.69 Å². The van der Waals surface area contributed by atoms with Gasteiger partial charge in [-0.05, 0) is 53.8 Å². The number of carboxylic acids is 1. The lowest BCUT2D eigenvalue weighted by Gasteiger charge is -2.25. The van der Waals surface area contributed by atoms with Gasteiger partial charge in [-0.3, -0.25) is 9.63 Å². The van der Waals surface area contributed by atoms with Gasteiger partial charge < -0.3 is 5.11 Å². The van der Waals surface area contributed by atoms with Crippen molar-refractivity contribution in [3.05, 3.63) is 77.4 Å². The van der Waals surface area contributed by atoms with Gasteiger partial charge in [-0.25, -0.2) is 14.2 Å². The SMILES string of the molecule is CON(C(=O)c1ccc(C)c(-n2cc(C(=O)O)nn2)c1)c1cc(-n2ccnn2)cc(C(C)(C)C)c1. The average Bonchev–Trinajstić information content (AvgIpc) is 3.52. The summed E-state index contributed by atoms with van der Waals surface area (Å²) >= 11 is 0. The van der Waals surface area contributed by atoms with Crippen LogP contribution in [0, 0.1) is 6.92 Å². The molecule has 0 aliphatic heterocycles. The molecule has 0 saturated heterocycles. The smallest absolute Gasteiger partial charge is 0.358 e. The number of amides is 1. The molecule has 11 nitrogen and oxygen atoms in total. The van der Waals surface area contributed by atoms with Gasteiger partial charge in [-0.15, -0.1) is 10.2 Å². The lowest BCUT2D eigenvalue weighted by Crippen LogP contribution is -2.30. The van der Waals surface area contributed by atoms with Gasteiger partial charge in [-0.1, -0.05) is 37.3 Å². The minimum absolute atomic E-state index is 0.195. The maximum absolute atomic E-state index is 13.6. The van der Waals surface area contributed by atoms with E-state index in [-0.39, 0.29) is 11.1 Å². The van der Waals surface area contributed by atoms with Crippen LogP contribution in [0.3, 0.4) is 0 Å². The van der Waals surface area contributed by atoms with Crippen LogP contribution >= 0.6 is 0 Å². The summed E-state index contributed by atoms with van der Waals surface area (Å²) < 4.78 is 2.95. The number of hydroxylamine groups is 1. The Morgan fingerprint density at radius 1 is 1.06 bits per heavy atom. The van der Waals surface area contributed by atoms with Crippen LogP contribution in [0.4, 0.5) is 5.69 Å². The van der Waals surface area contributed by atoms with Crippen molar-refractivity contribution in [2.75, 3.05) is 12.2 Å². The molecule has 1 amide bonds. The number of hydrogen-bond acceptors (Lipinski definition) is 7. The second-order valence-corrected chi connectivity index (χ2v) is 8.97. The molecule has 4 rings (SSSR count). The summed E-state index contributed by atoms with van der Waals surface area (Å²) in [6, 6.07) is 10.7. The van der Waals surface area contributed by atoms with E-state index < -0.39 is 11.9 Å². The number of carbonyl (C=O) groups is 2. The van der Waals surface area contributed by atoms with Crippen LogP contribution < -0.4 is 5.06 Å². The molecule has 11 heteroatoms. The maximum atomic E-state index is 13.6. The number of aromatic carboxylic acids is 1. The highest BCUT2D eigenvalue weighted by Gasteiger charge is 2.24. The summed E-state index contributed by atoms with van der Waals surface area (Å²) in [5.41, 5.74) is 3.46. The standard InChI is InChI=1S/C24H25N7O4/c1-15-6-7-16(10-21(15)30-14-20(23(33)34)26-28-30)22(32)31(35-5)19-12-17(24(2,3)4)11-18(13-19)29-9-8-25-27-29/h6-14H,1-5H3,(H,33,34). The van der Waals surface area contributed by atoms with E-state index in [0.717, 1.165) is 16.8 Å². The zero-order valence-corrected chi connectivity index (χ0v) is 20.0. The molecule has 180 valence electrons. The largest absolute Gasteiger partial charge is 0.476 e. The molecule has 0 fully saturated rings. The van der Waals surface area contributed by atoms with Gasteiger partial charge in [0.25, 0.3) is 5.91 Å². The third-order valence-electron chi connectivity index (χ3n) is 5.47. The van der Waals surface area contributed by atoms with Crippen LogP contribution in [-0.4, -0.2) is 54.1 Å². The Morgan fingerprint density at radius 3 is 2.43 bits per heavy atom. The van der Waals surface area contributed by atoms with Gasteiger partial charge >= 0.3 is 5.97 Å². The molecule has 4 aromatic rings. The highest BCUT2D eigenvalue weighted by atomic mass is 16.7. The van der Waals surface area contributed by atoms with Gasteiger partial charge in [0.05, 0.1) is 42.8 Å². The molecular weight excluding hydrogens is 450 g/mol. The van der Waals surface area contributed by atoms with Crippen molar-refractivity contribution in [2.24, 2.45) is 0 Å². The van der Waals surface area contributed by atoms with Crippen molar-refractivity contribution in [3.8, 4) is 11.4 Å². The Kier molecular flexibility index (Phi) is 6.18. The Labute approximate surface area is 201 Å². The van der Waals surface area contributed by atoms with Crippen molar-refractivity contribution >= 4 is 17.6 Å². The molecule has 35 heavy (non-hydrogen) atoms. The van der Waals surface area contributed by atoms with Crippen LogP contribution in [0.25, 0.3) is 11.4 Å². The van der Waals surface area contributed by atoms with E-state index in [9.17, 15) is 9.59 Å². The first-order valence-electron chi connectivity index (χ1n) is 10.8. The number of benzene rings is 2. The van der Waals surface area contributed by atoms with Crippen LogP contribution in [0.5, 0.6) is 0 Å². The lowest BCUT2D eigenvalue weighted by molar-refractivity contribution is 0.0689. The molecule has 1 N–H and O–H groups in total. The average molecular weight is 476 g/mol. The number of hydrogen-bond donors (Lipinski definition) is 1. The molecule has 0 bridgehead atoms. The van der Waals surface area contributed by atoms with Crippen molar-refractivity contribution in [1.29, 1.82) is 0 Å². The fraction of sp³-hybridized carbons (Fsp3) is 0.250.